The standard InChI is InChI=1S/C12H14ClNO2S/c13-11-3-2-9(15)8-10(11)12(16)14-4-1-6-17-7-5-14/h2-3,8,15H,1,4-7H2. The van der Waals surface area contributed by atoms with Gasteiger partial charge >= 0.3 is 0 Å². The molecule has 3 nitrogen and oxygen atoms in total. The summed E-state index contributed by atoms with van der Waals surface area (Å²) in [4.78, 5) is 14.1. The van der Waals surface area contributed by atoms with Gasteiger partial charge in [0.15, 0.2) is 0 Å². The zero-order chi connectivity index (χ0) is 12.3. The molecular formula is C12H14ClNO2S. The van der Waals surface area contributed by atoms with Gasteiger partial charge in [0.05, 0.1) is 10.6 Å². The molecule has 0 aliphatic carbocycles. The number of rotatable bonds is 1. The number of hydrogen-bond donors (Lipinski definition) is 1. The number of amides is 1. The van der Waals surface area contributed by atoms with E-state index >= 15 is 0 Å². The van der Waals surface area contributed by atoms with Gasteiger partial charge in [-0.25, -0.2) is 0 Å². The van der Waals surface area contributed by atoms with Crippen molar-refractivity contribution in [2.24, 2.45) is 0 Å². The number of phenols is 1. The molecule has 0 unspecified atom stereocenters. The number of aromatic hydroxyl groups is 1. The van der Waals surface area contributed by atoms with Crippen molar-refractivity contribution in [1.82, 2.24) is 4.90 Å². The first-order valence-electron chi connectivity index (χ1n) is 5.54. The van der Waals surface area contributed by atoms with Crippen LogP contribution < -0.4 is 0 Å². The zero-order valence-corrected chi connectivity index (χ0v) is 10.9. The second kappa shape index (κ2) is 5.65. The summed E-state index contributed by atoms with van der Waals surface area (Å²) >= 11 is 7.85. The minimum absolute atomic E-state index is 0.0712. The van der Waals surface area contributed by atoms with Crippen LogP contribution in [0, 0.1) is 0 Å². The number of hydrogen-bond acceptors (Lipinski definition) is 3. The van der Waals surface area contributed by atoms with E-state index in [1.807, 2.05) is 11.8 Å². The predicted octanol–water partition coefficient (Wildman–Crippen LogP) is 2.62. The lowest BCUT2D eigenvalue weighted by Gasteiger charge is -2.20. The molecule has 1 N–H and O–H groups in total. The Hall–Kier alpha value is -0.870. The Morgan fingerprint density at radius 1 is 1.35 bits per heavy atom. The molecule has 0 bridgehead atoms. The second-order valence-corrected chi connectivity index (χ2v) is 5.55. The predicted molar refractivity (Wildman–Crippen MR) is 71.0 cm³/mol. The molecule has 1 aromatic carbocycles. The van der Waals surface area contributed by atoms with Gasteiger partial charge in [-0.15, -0.1) is 0 Å². The molecule has 0 atom stereocenters. The first-order chi connectivity index (χ1) is 8.18. The summed E-state index contributed by atoms with van der Waals surface area (Å²) in [6, 6.07) is 4.47. The van der Waals surface area contributed by atoms with Gasteiger partial charge in [0, 0.05) is 18.8 Å². The molecule has 0 radical (unpaired) electrons. The smallest absolute Gasteiger partial charge is 0.255 e. The number of benzene rings is 1. The second-order valence-electron chi connectivity index (χ2n) is 3.92. The number of phenolic OH excluding ortho intramolecular Hbond substituents is 1. The maximum atomic E-state index is 12.2. The summed E-state index contributed by atoms with van der Waals surface area (Å²) in [5.41, 5.74) is 0.388. The van der Waals surface area contributed by atoms with Crippen molar-refractivity contribution in [3.05, 3.63) is 28.8 Å². The molecule has 1 amide bonds. The van der Waals surface area contributed by atoms with E-state index < -0.39 is 0 Å². The van der Waals surface area contributed by atoms with Crippen LogP contribution in [0.2, 0.25) is 5.02 Å². The van der Waals surface area contributed by atoms with Crippen LogP contribution in [0.3, 0.4) is 0 Å². The maximum absolute atomic E-state index is 12.2. The number of nitrogens with zero attached hydrogens (tertiary/aromatic N) is 1. The van der Waals surface area contributed by atoms with E-state index in [0.29, 0.717) is 10.6 Å². The largest absolute Gasteiger partial charge is 0.508 e. The van der Waals surface area contributed by atoms with Crippen LogP contribution in [0.1, 0.15) is 16.8 Å². The fraction of sp³-hybridized carbons (Fsp3) is 0.417. The number of carbonyl (C=O) groups is 1. The average Bonchev–Trinajstić information content (AvgIpc) is 2.60. The third-order valence-corrected chi connectivity index (χ3v) is 4.07. The topological polar surface area (TPSA) is 40.5 Å². The highest BCUT2D eigenvalue weighted by Crippen LogP contribution is 2.23. The molecule has 2 rings (SSSR count). The molecule has 1 aromatic rings. The van der Waals surface area contributed by atoms with Crippen molar-refractivity contribution in [1.29, 1.82) is 0 Å². The number of thioether (sulfide) groups is 1. The van der Waals surface area contributed by atoms with Crippen LogP contribution in [-0.4, -0.2) is 40.5 Å². The first kappa shape index (κ1) is 12.6. The average molecular weight is 272 g/mol. The van der Waals surface area contributed by atoms with Crippen molar-refractivity contribution in [3.8, 4) is 5.75 Å². The van der Waals surface area contributed by atoms with Gasteiger partial charge in [-0.2, -0.15) is 11.8 Å². The highest BCUT2D eigenvalue weighted by molar-refractivity contribution is 7.99. The normalized spacial score (nSPS) is 16.6. The van der Waals surface area contributed by atoms with Gasteiger partial charge in [-0.3, -0.25) is 4.79 Å². The lowest BCUT2D eigenvalue weighted by molar-refractivity contribution is 0.0768. The van der Waals surface area contributed by atoms with E-state index in [1.165, 1.54) is 12.1 Å². The van der Waals surface area contributed by atoms with Crippen molar-refractivity contribution in [3.63, 3.8) is 0 Å². The molecule has 1 heterocycles. The monoisotopic (exact) mass is 271 g/mol. The Balaban J connectivity index is 2.20. The summed E-state index contributed by atoms with van der Waals surface area (Å²) in [6.45, 7) is 1.51. The van der Waals surface area contributed by atoms with Crippen LogP contribution in [0.4, 0.5) is 0 Å². The van der Waals surface area contributed by atoms with E-state index in [2.05, 4.69) is 0 Å². The maximum Gasteiger partial charge on any atom is 0.255 e. The highest BCUT2D eigenvalue weighted by Gasteiger charge is 2.19. The van der Waals surface area contributed by atoms with Crippen molar-refractivity contribution < 1.29 is 9.90 Å². The van der Waals surface area contributed by atoms with Crippen LogP contribution in [0.5, 0.6) is 5.75 Å². The molecule has 1 saturated heterocycles. The Bertz CT molecular complexity index is 417. The lowest BCUT2D eigenvalue weighted by atomic mass is 10.2. The molecule has 1 aliphatic rings. The molecule has 1 fully saturated rings. The van der Waals surface area contributed by atoms with Crippen molar-refractivity contribution in [2.45, 2.75) is 6.42 Å². The Labute approximate surface area is 110 Å². The minimum Gasteiger partial charge on any atom is -0.508 e. The molecule has 0 saturated carbocycles. The van der Waals surface area contributed by atoms with Gasteiger partial charge in [0.1, 0.15) is 5.75 Å². The molecule has 92 valence electrons. The highest BCUT2D eigenvalue weighted by atomic mass is 35.5. The zero-order valence-electron chi connectivity index (χ0n) is 9.36. The van der Waals surface area contributed by atoms with E-state index in [4.69, 9.17) is 11.6 Å². The minimum atomic E-state index is -0.0894. The van der Waals surface area contributed by atoms with Crippen LogP contribution in [0.25, 0.3) is 0 Å². The van der Waals surface area contributed by atoms with Crippen LogP contribution in [-0.2, 0) is 0 Å². The number of carbonyl (C=O) groups excluding carboxylic acids is 1. The summed E-state index contributed by atoms with van der Waals surface area (Å²) in [5, 5.41) is 9.80. The van der Waals surface area contributed by atoms with E-state index in [0.717, 1.165) is 31.0 Å². The molecule has 1 aliphatic heterocycles. The van der Waals surface area contributed by atoms with Gasteiger partial charge in [0.2, 0.25) is 0 Å². The Morgan fingerprint density at radius 3 is 3.00 bits per heavy atom. The third kappa shape index (κ3) is 3.07. The molecule has 17 heavy (non-hydrogen) atoms. The van der Waals surface area contributed by atoms with E-state index in [1.54, 1.807) is 11.0 Å². The molecular weight excluding hydrogens is 258 g/mol. The SMILES string of the molecule is O=C(c1cc(O)ccc1Cl)N1CCCSCC1. The summed E-state index contributed by atoms with van der Waals surface area (Å²) in [5.74, 6) is 2.04. The van der Waals surface area contributed by atoms with Gasteiger partial charge < -0.3 is 10.0 Å². The van der Waals surface area contributed by atoms with Crippen molar-refractivity contribution in [2.75, 3.05) is 24.6 Å². The summed E-state index contributed by atoms with van der Waals surface area (Å²) in [6.07, 6.45) is 1.01. The fourth-order valence-corrected chi connectivity index (χ4v) is 2.88. The van der Waals surface area contributed by atoms with E-state index in [-0.39, 0.29) is 11.7 Å². The molecule has 0 aromatic heterocycles. The lowest BCUT2D eigenvalue weighted by Crippen LogP contribution is -2.33. The third-order valence-electron chi connectivity index (χ3n) is 2.69. The van der Waals surface area contributed by atoms with Gasteiger partial charge in [-0.05, 0) is 30.4 Å². The quantitative estimate of drug-likeness (QED) is 0.854. The van der Waals surface area contributed by atoms with Gasteiger partial charge in [-0.1, -0.05) is 11.6 Å². The summed E-state index contributed by atoms with van der Waals surface area (Å²) in [7, 11) is 0. The van der Waals surface area contributed by atoms with Crippen molar-refractivity contribution >= 4 is 29.3 Å². The van der Waals surface area contributed by atoms with Crippen LogP contribution >= 0.6 is 23.4 Å². The Morgan fingerprint density at radius 2 is 2.18 bits per heavy atom. The fourth-order valence-electron chi connectivity index (χ4n) is 1.80. The molecule has 0 spiro atoms. The molecule has 5 heteroatoms. The first-order valence-corrected chi connectivity index (χ1v) is 7.07. The summed E-state index contributed by atoms with van der Waals surface area (Å²) < 4.78 is 0. The van der Waals surface area contributed by atoms with Gasteiger partial charge in [0.25, 0.3) is 5.91 Å². The Kier molecular flexibility index (Phi) is 4.18. The van der Waals surface area contributed by atoms with Crippen LogP contribution in [0.15, 0.2) is 18.2 Å². The van der Waals surface area contributed by atoms with E-state index in [9.17, 15) is 9.90 Å². The number of halogens is 1.